The zero-order valence-electron chi connectivity index (χ0n) is 12.0. The second-order valence-electron chi connectivity index (χ2n) is 5.56. The Kier molecular flexibility index (Phi) is 4.24. The zero-order valence-corrected chi connectivity index (χ0v) is 12.0. The molecule has 1 aliphatic carbocycles. The largest absolute Gasteiger partial charge is 0.384 e. The average molecular weight is 265 g/mol. The topological polar surface area (TPSA) is 56.1 Å². The maximum atomic E-state index is 12.2. The molecule has 1 aliphatic rings. The first-order valence-electron chi connectivity index (χ1n) is 6.84. The smallest absolute Gasteiger partial charge is 0.242 e. The SMILES string of the molecule is COCC1(CNC(=O)[C@H](C)n2ccnc2C)CCC1. The third-order valence-electron chi connectivity index (χ3n) is 4.16. The van der Waals surface area contributed by atoms with Crippen molar-refractivity contribution < 1.29 is 9.53 Å². The molecule has 0 aromatic carbocycles. The zero-order chi connectivity index (χ0) is 13.9. The number of nitrogens with zero attached hydrogens (tertiary/aromatic N) is 2. The lowest BCUT2D eigenvalue weighted by Gasteiger charge is -2.41. The van der Waals surface area contributed by atoms with Crippen molar-refractivity contribution in [1.29, 1.82) is 0 Å². The third kappa shape index (κ3) is 2.97. The van der Waals surface area contributed by atoms with Crippen LogP contribution in [0.2, 0.25) is 0 Å². The van der Waals surface area contributed by atoms with Crippen LogP contribution in [-0.2, 0) is 9.53 Å². The number of carbonyl (C=O) groups is 1. The molecule has 1 atom stereocenters. The molecule has 1 amide bonds. The van der Waals surface area contributed by atoms with Crippen molar-refractivity contribution in [2.24, 2.45) is 5.41 Å². The van der Waals surface area contributed by atoms with Gasteiger partial charge in [0.05, 0.1) is 6.61 Å². The van der Waals surface area contributed by atoms with E-state index >= 15 is 0 Å². The van der Waals surface area contributed by atoms with E-state index in [2.05, 4.69) is 10.3 Å². The third-order valence-corrected chi connectivity index (χ3v) is 4.16. The predicted octanol–water partition coefficient (Wildman–Crippen LogP) is 1.69. The molecule has 1 aromatic rings. The Labute approximate surface area is 114 Å². The summed E-state index contributed by atoms with van der Waals surface area (Å²) in [6.07, 6.45) is 7.07. The van der Waals surface area contributed by atoms with Gasteiger partial charge in [-0.3, -0.25) is 4.79 Å². The lowest BCUT2D eigenvalue weighted by atomic mass is 9.69. The molecule has 0 unspecified atom stereocenters. The quantitative estimate of drug-likeness (QED) is 0.851. The van der Waals surface area contributed by atoms with Gasteiger partial charge in [0.1, 0.15) is 11.9 Å². The van der Waals surface area contributed by atoms with Crippen LogP contribution >= 0.6 is 0 Å². The van der Waals surface area contributed by atoms with E-state index in [1.807, 2.05) is 24.6 Å². The van der Waals surface area contributed by atoms with Gasteiger partial charge in [0.2, 0.25) is 5.91 Å². The van der Waals surface area contributed by atoms with Crippen LogP contribution in [-0.4, -0.2) is 35.7 Å². The van der Waals surface area contributed by atoms with Gasteiger partial charge in [-0.1, -0.05) is 6.42 Å². The molecule has 106 valence electrons. The second kappa shape index (κ2) is 5.74. The van der Waals surface area contributed by atoms with Crippen LogP contribution in [0, 0.1) is 12.3 Å². The van der Waals surface area contributed by atoms with Crippen molar-refractivity contribution >= 4 is 5.91 Å². The van der Waals surface area contributed by atoms with Crippen LogP contribution < -0.4 is 5.32 Å². The van der Waals surface area contributed by atoms with Gasteiger partial charge in [-0.15, -0.1) is 0 Å². The lowest BCUT2D eigenvalue weighted by Crippen LogP contribution is -2.46. The van der Waals surface area contributed by atoms with Crippen molar-refractivity contribution in [2.45, 2.75) is 39.2 Å². The summed E-state index contributed by atoms with van der Waals surface area (Å²) in [6, 6.07) is -0.220. The van der Waals surface area contributed by atoms with Gasteiger partial charge in [0.25, 0.3) is 0 Å². The van der Waals surface area contributed by atoms with E-state index in [4.69, 9.17) is 4.74 Å². The number of aromatic nitrogens is 2. The Morgan fingerprint density at radius 2 is 2.37 bits per heavy atom. The molecule has 1 saturated carbocycles. The standard InChI is InChI=1S/C14H23N3O2/c1-11(17-8-7-15-12(17)2)13(18)16-9-14(10-19-3)5-4-6-14/h7-8,11H,4-6,9-10H2,1-3H3,(H,16,18)/t11-/m0/s1. The summed E-state index contributed by atoms with van der Waals surface area (Å²) in [7, 11) is 1.72. The summed E-state index contributed by atoms with van der Waals surface area (Å²) in [5.41, 5.74) is 0.161. The van der Waals surface area contributed by atoms with Crippen molar-refractivity contribution in [3.05, 3.63) is 18.2 Å². The van der Waals surface area contributed by atoms with E-state index in [0.29, 0.717) is 6.54 Å². The molecule has 0 aliphatic heterocycles. The van der Waals surface area contributed by atoms with Gasteiger partial charge >= 0.3 is 0 Å². The molecule has 19 heavy (non-hydrogen) atoms. The van der Waals surface area contributed by atoms with Crippen LogP contribution in [0.5, 0.6) is 0 Å². The number of hydrogen-bond donors (Lipinski definition) is 1. The number of rotatable bonds is 6. The first kappa shape index (κ1) is 14.1. The summed E-state index contributed by atoms with van der Waals surface area (Å²) < 4.78 is 7.15. The molecule has 5 heteroatoms. The number of hydrogen-bond acceptors (Lipinski definition) is 3. The van der Waals surface area contributed by atoms with E-state index in [1.165, 1.54) is 6.42 Å². The minimum absolute atomic E-state index is 0.0449. The molecule has 1 heterocycles. The fraction of sp³-hybridized carbons (Fsp3) is 0.714. The fourth-order valence-electron chi connectivity index (χ4n) is 2.70. The molecule has 0 spiro atoms. The maximum absolute atomic E-state index is 12.2. The van der Waals surface area contributed by atoms with E-state index in [9.17, 15) is 4.79 Å². The Morgan fingerprint density at radius 3 is 2.84 bits per heavy atom. The number of amides is 1. The number of aryl methyl sites for hydroxylation is 1. The monoisotopic (exact) mass is 265 g/mol. The molecule has 1 aromatic heterocycles. The molecule has 0 radical (unpaired) electrons. The van der Waals surface area contributed by atoms with Crippen molar-refractivity contribution in [3.8, 4) is 0 Å². The van der Waals surface area contributed by atoms with Gasteiger partial charge < -0.3 is 14.6 Å². The Balaban J connectivity index is 1.89. The second-order valence-corrected chi connectivity index (χ2v) is 5.56. The summed E-state index contributed by atoms with van der Waals surface area (Å²) in [4.78, 5) is 16.3. The lowest BCUT2D eigenvalue weighted by molar-refractivity contribution is -0.125. The highest BCUT2D eigenvalue weighted by Crippen LogP contribution is 2.40. The van der Waals surface area contributed by atoms with Gasteiger partial charge in [-0.2, -0.15) is 0 Å². The molecule has 1 N–H and O–H groups in total. The number of ether oxygens (including phenoxy) is 1. The van der Waals surface area contributed by atoms with Gasteiger partial charge in [0.15, 0.2) is 0 Å². The summed E-state index contributed by atoms with van der Waals surface area (Å²) >= 11 is 0. The van der Waals surface area contributed by atoms with Gasteiger partial charge in [-0.05, 0) is 26.7 Å². The molecule has 0 bridgehead atoms. The fourth-order valence-corrected chi connectivity index (χ4v) is 2.70. The van der Waals surface area contributed by atoms with E-state index < -0.39 is 0 Å². The van der Waals surface area contributed by atoms with Gasteiger partial charge in [-0.25, -0.2) is 4.98 Å². The van der Waals surface area contributed by atoms with Crippen molar-refractivity contribution in [1.82, 2.24) is 14.9 Å². The number of imidazole rings is 1. The van der Waals surface area contributed by atoms with Crippen LogP contribution in [0.15, 0.2) is 12.4 Å². The molecular weight excluding hydrogens is 242 g/mol. The highest BCUT2D eigenvalue weighted by atomic mass is 16.5. The van der Waals surface area contributed by atoms with Crippen molar-refractivity contribution in [3.63, 3.8) is 0 Å². The molecule has 2 rings (SSSR count). The normalized spacial score (nSPS) is 18.7. The molecular formula is C14H23N3O2. The Hall–Kier alpha value is -1.36. The molecule has 0 saturated heterocycles. The summed E-state index contributed by atoms with van der Waals surface area (Å²) in [5.74, 6) is 0.904. The number of methoxy groups -OCH3 is 1. The minimum atomic E-state index is -0.220. The number of carbonyl (C=O) groups excluding carboxylic acids is 1. The summed E-state index contributed by atoms with van der Waals surface area (Å²) in [5, 5.41) is 3.06. The molecule has 5 nitrogen and oxygen atoms in total. The van der Waals surface area contributed by atoms with Crippen molar-refractivity contribution in [2.75, 3.05) is 20.3 Å². The average Bonchev–Trinajstić information content (AvgIpc) is 2.77. The molecule has 1 fully saturated rings. The van der Waals surface area contributed by atoms with Crippen LogP contribution in [0.3, 0.4) is 0 Å². The first-order valence-corrected chi connectivity index (χ1v) is 6.84. The Morgan fingerprint density at radius 1 is 1.63 bits per heavy atom. The number of nitrogens with one attached hydrogen (secondary N) is 1. The highest BCUT2D eigenvalue weighted by molar-refractivity contribution is 5.80. The van der Waals surface area contributed by atoms with Crippen LogP contribution in [0.25, 0.3) is 0 Å². The van der Waals surface area contributed by atoms with E-state index in [0.717, 1.165) is 25.3 Å². The first-order chi connectivity index (χ1) is 9.08. The highest BCUT2D eigenvalue weighted by Gasteiger charge is 2.37. The summed E-state index contributed by atoms with van der Waals surface area (Å²) in [6.45, 7) is 5.24. The van der Waals surface area contributed by atoms with E-state index in [1.54, 1.807) is 13.3 Å². The Bertz CT molecular complexity index is 438. The van der Waals surface area contributed by atoms with Crippen LogP contribution in [0.4, 0.5) is 0 Å². The minimum Gasteiger partial charge on any atom is -0.384 e. The van der Waals surface area contributed by atoms with E-state index in [-0.39, 0.29) is 17.4 Å². The maximum Gasteiger partial charge on any atom is 0.242 e. The predicted molar refractivity (Wildman–Crippen MR) is 72.8 cm³/mol. The van der Waals surface area contributed by atoms with Gasteiger partial charge in [0, 0.05) is 31.5 Å². The van der Waals surface area contributed by atoms with Crippen LogP contribution in [0.1, 0.15) is 38.1 Å².